The van der Waals surface area contributed by atoms with Crippen molar-refractivity contribution in [1.82, 2.24) is 0 Å². The van der Waals surface area contributed by atoms with E-state index in [1.807, 2.05) is 24.3 Å². The van der Waals surface area contributed by atoms with E-state index in [1.165, 1.54) is 0 Å². The lowest BCUT2D eigenvalue weighted by molar-refractivity contribution is 0.593. The maximum atomic E-state index is 11.9. The van der Waals surface area contributed by atoms with Gasteiger partial charge in [-0.05, 0) is 30.2 Å². The maximum Gasteiger partial charge on any atom is 0.153 e. The van der Waals surface area contributed by atoms with Crippen LogP contribution in [0.2, 0.25) is 0 Å². The fourth-order valence-corrected chi connectivity index (χ4v) is 4.60. The Bertz CT molecular complexity index is 498. The van der Waals surface area contributed by atoms with Gasteiger partial charge in [0.05, 0.1) is 5.25 Å². The molecule has 2 N–H and O–H groups in total. The third-order valence-corrected chi connectivity index (χ3v) is 6.25. The normalized spacial score (nSPS) is 28.1. The van der Waals surface area contributed by atoms with E-state index in [0.717, 1.165) is 10.0 Å². The summed E-state index contributed by atoms with van der Waals surface area (Å²) in [6.45, 7) is 2.13. The van der Waals surface area contributed by atoms with Gasteiger partial charge in [0, 0.05) is 16.1 Å². The molecular weight excluding hydrogens is 302 g/mol. The topological polar surface area (TPSA) is 60.2 Å². The highest BCUT2D eigenvalue weighted by atomic mass is 79.9. The van der Waals surface area contributed by atoms with Crippen molar-refractivity contribution in [3.8, 4) is 0 Å². The summed E-state index contributed by atoms with van der Waals surface area (Å²) < 4.78 is 24.8. The summed E-state index contributed by atoms with van der Waals surface area (Å²) in [6, 6.07) is 7.83. The van der Waals surface area contributed by atoms with Crippen molar-refractivity contribution in [2.24, 2.45) is 11.7 Å². The second-order valence-corrected chi connectivity index (χ2v) is 7.76. The molecule has 1 saturated carbocycles. The van der Waals surface area contributed by atoms with Crippen LogP contribution >= 0.6 is 15.9 Å². The third kappa shape index (κ3) is 2.41. The van der Waals surface area contributed by atoms with Crippen LogP contribution in [0.4, 0.5) is 0 Å². The highest BCUT2D eigenvalue weighted by Gasteiger charge is 2.56. The quantitative estimate of drug-likeness (QED) is 0.923. The lowest BCUT2D eigenvalue weighted by Gasteiger charge is -2.01. The first-order valence-electron chi connectivity index (χ1n) is 5.68. The standard InChI is InChI=1S/C12H16BrNO2S/c1-2-17(15,16)12-10(7-14)11(12)8-3-5-9(13)6-4-8/h3-6,10-12H,2,7,14H2,1H3/t10-,11-,12-/m0/s1. The predicted molar refractivity (Wildman–Crippen MR) is 72.7 cm³/mol. The lowest BCUT2D eigenvalue weighted by Crippen LogP contribution is -2.15. The molecule has 0 aromatic heterocycles. The highest BCUT2D eigenvalue weighted by Crippen LogP contribution is 2.51. The smallest absolute Gasteiger partial charge is 0.153 e. The summed E-state index contributed by atoms with van der Waals surface area (Å²) in [5.41, 5.74) is 6.73. The molecule has 0 amide bonds. The molecule has 0 unspecified atom stereocenters. The molecule has 1 aromatic carbocycles. The molecule has 5 heteroatoms. The second kappa shape index (κ2) is 4.71. The number of benzene rings is 1. The summed E-state index contributed by atoms with van der Waals surface area (Å²) in [6.07, 6.45) is 0. The van der Waals surface area contributed by atoms with Gasteiger partial charge in [-0.25, -0.2) is 8.42 Å². The molecule has 0 saturated heterocycles. The molecular formula is C12H16BrNO2S. The number of rotatable bonds is 4. The summed E-state index contributed by atoms with van der Waals surface area (Å²) in [5.74, 6) is 0.362. The Morgan fingerprint density at radius 1 is 1.29 bits per heavy atom. The Kier molecular flexibility index (Phi) is 3.61. The van der Waals surface area contributed by atoms with Gasteiger partial charge in [0.25, 0.3) is 0 Å². The monoisotopic (exact) mass is 317 g/mol. The number of halogens is 1. The molecule has 1 aromatic rings. The van der Waals surface area contributed by atoms with Crippen molar-refractivity contribution in [2.45, 2.75) is 18.1 Å². The zero-order valence-electron chi connectivity index (χ0n) is 9.64. The molecule has 94 valence electrons. The van der Waals surface area contributed by atoms with Gasteiger partial charge in [-0.1, -0.05) is 35.0 Å². The van der Waals surface area contributed by atoms with Crippen LogP contribution in [0.1, 0.15) is 18.4 Å². The van der Waals surface area contributed by atoms with Gasteiger partial charge in [0.1, 0.15) is 0 Å². The SMILES string of the molecule is CCS(=O)(=O)[C@H]1[C@@H](CN)[C@@H]1c1ccc(Br)cc1. The number of sulfone groups is 1. The zero-order chi connectivity index (χ0) is 12.6. The highest BCUT2D eigenvalue weighted by molar-refractivity contribution is 9.10. The van der Waals surface area contributed by atoms with Crippen LogP contribution in [-0.4, -0.2) is 26.0 Å². The first-order valence-corrected chi connectivity index (χ1v) is 8.19. The maximum absolute atomic E-state index is 11.9. The summed E-state index contributed by atoms with van der Waals surface area (Å²) in [7, 11) is -2.99. The van der Waals surface area contributed by atoms with Crippen LogP contribution in [0.25, 0.3) is 0 Å². The van der Waals surface area contributed by atoms with E-state index >= 15 is 0 Å². The van der Waals surface area contributed by atoms with Crippen LogP contribution in [0.15, 0.2) is 28.7 Å². The minimum Gasteiger partial charge on any atom is -0.330 e. The molecule has 1 aliphatic carbocycles. The zero-order valence-corrected chi connectivity index (χ0v) is 12.0. The molecule has 2 rings (SSSR count). The van der Waals surface area contributed by atoms with Gasteiger partial charge in [-0.3, -0.25) is 0 Å². The number of hydrogen-bond acceptors (Lipinski definition) is 3. The van der Waals surface area contributed by atoms with Crippen molar-refractivity contribution < 1.29 is 8.42 Å². The molecule has 0 bridgehead atoms. The van der Waals surface area contributed by atoms with Crippen LogP contribution in [0, 0.1) is 5.92 Å². The van der Waals surface area contributed by atoms with E-state index in [9.17, 15) is 8.42 Å². The van der Waals surface area contributed by atoms with Gasteiger partial charge in [-0.15, -0.1) is 0 Å². The first kappa shape index (κ1) is 13.1. The Labute approximate surface area is 110 Å². The largest absolute Gasteiger partial charge is 0.330 e. The van der Waals surface area contributed by atoms with E-state index in [0.29, 0.717) is 6.54 Å². The van der Waals surface area contributed by atoms with E-state index in [2.05, 4.69) is 15.9 Å². The Balaban J connectivity index is 2.26. The van der Waals surface area contributed by atoms with Crippen molar-refractivity contribution >= 4 is 25.8 Å². The van der Waals surface area contributed by atoms with Crippen LogP contribution in [-0.2, 0) is 9.84 Å². The van der Waals surface area contributed by atoms with Gasteiger partial charge in [0.15, 0.2) is 9.84 Å². The molecule has 0 radical (unpaired) electrons. The lowest BCUT2D eigenvalue weighted by atomic mass is 10.1. The van der Waals surface area contributed by atoms with E-state index in [4.69, 9.17) is 5.73 Å². The van der Waals surface area contributed by atoms with Crippen LogP contribution < -0.4 is 5.73 Å². The average molecular weight is 318 g/mol. The summed E-state index contributed by atoms with van der Waals surface area (Å²) >= 11 is 3.37. The summed E-state index contributed by atoms with van der Waals surface area (Å²) in [5, 5.41) is -0.279. The fourth-order valence-electron chi connectivity index (χ4n) is 2.43. The van der Waals surface area contributed by atoms with Crippen LogP contribution in [0.5, 0.6) is 0 Å². The molecule has 0 heterocycles. The Morgan fingerprint density at radius 2 is 1.88 bits per heavy atom. The molecule has 1 aliphatic rings. The molecule has 0 spiro atoms. The van der Waals surface area contributed by atoms with Gasteiger partial charge >= 0.3 is 0 Å². The van der Waals surface area contributed by atoms with E-state index in [-0.39, 0.29) is 22.8 Å². The number of nitrogens with two attached hydrogens (primary N) is 1. The van der Waals surface area contributed by atoms with E-state index in [1.54, 1.807) is 6.92 Å². The van der Waals surface area contributed by atoms with Crippen molar-refractivity contribution in [3.63, 3.8) is 0 Å². The predicted octanol–water partition coefficient (Wildman–Crippen LogP) is 1.92. The molecule has 3 nitrogen and oxygen atoms in total. The van der Waals surface area contributed by atoms with Gasteiger partial charge < -0.3 is 5.73 Å². The summed E-state index contributed by atoms with van der Waals surface area (Å²) in [4.78, 5) is 0. The van der Waals surface area contributed by atoms with Crippen molar-refractivity contribution in [2.75, 3.05) is 12.3 Å². The van der Waals surface area contributed by atoms with E-state index < -0.39 is 9.84 Å². The molecule has 0 aliphatic heterocycles. The van der Waals surface area contributed by atoms with Crippen molar-refractivity contribution in [3.05, 3.63) is 34.3 Å². The van der Waals surface area contributed by atoms with Gasteiger partial charge in [-0.2, -0.15) is 0 Å². The molecule has 3 atom stereocenters. The third-order valence-electron chi connectivity index (χ3n) is 3.44. The molecule has 17 heavy (non-hydrogen) atoms. The number of hydrogen-bond donors (Lipinski definition) is 1. The van der Waals surface area contributed by atoms with Gasteiger partial charge in [0.2, 0.25) is 0 Å². The average Bonchev–Trinajstić information content (AvgIpc) is 3.05. The minimum absolute atomic E-state index is 0.0815. The first-order chi connectivity index (χ1) is 8.01. The fraction of sp³-hybridized carbons (Fsp3) is 0.500. The minimum atomic E-state index is -2.99. The van der Waals surface area contributed by atoms with Crippen LogP contribution in [0.3, 0.4) is 0 Å². The Hall–Kier alpha value is -0.390. The van der Waals surface area contributed by atoms with Crippen molar-refractivity contribution in [1.29, 1.82) is 0 Å². The molecule has 1 fully saturated rings. The second-order valence-electron chi connectivity index (χ2n) is 4.39. The Morgan fingerprint density at radius 3 is 2.35 bits per heavy atom.